The molecule has 4 aromatic rings. The molecule has 0 bridgehead atoms. The first-order valence-electron chi connectivity index (χ1n) is 8.23. The number of hydrogen-bond acceptors (Lipinski definition) is 1. The number of fused-ring (bicyclic) bond motifs is 4. The quantitative estimate of drug-likeness (QED) is 0.421. The van der Waals surface area contributed by atoms with Gasteiger partial charge >= 0.3 is 0 Å². The molecule has 0 saturated heterocycles. The van der Waals surface area contributed by atoms with E-state index < -0.39 is 0 Å². The van der Waals surface area contributed by atoms with E-state index >= 15 is 0 Å². The second kappa shape index (κ2) is 4.97. The van der Waals surface area contributed by atoms with Crippen molar-refractivity contribution in [3.63, 3.8) is 0 Å². The van der Waals surface area contributed by atoms with Crippen LogP contribution in [0.5, 0.6) is 5.75 Å². The number of phenolic OH excluding ortho intramolecular Hbond substituents is 1. The molecule has 0 aromatic heterocycles. The van der Waals surface area contributed by atoms with Gasteiger partial charge in [0.25, 0.3) is 0 Å². The first kappa shape index (κ1) is 13.4. The largest absolute Gasteiger partial charge is 0.507 e. The van der Waals surface area contributed by atoms with E-state index in [1.165, 1.54) is 22.3 Å². The molecule has 0 atom stereocenters. The molecule has 5 rings (SSSR count). The van der Waals surface area contributed by atoms with Gasteiger partial charge in [-0.2, -0.15) is 0 Å². The molecule has 1 aliphatic carbocycles. The second-order valence-electron chi connectivity index (χ2n) is 6.33. The van der Waals surface area contributed by atoms with E-state index in [-0.39, 0.29) is 5.92 Å². The SMILES string of the molecule is Oc1c(C2c3ccccc3-c3ccccc32)ccc2ccccc12. The molecular formula is C23H16O. The van der Waals surface area contributed by atoms with E-state index in [4.69, 9.17) is 0 Å². The highest BCUT2D eigenvalue weighted by molar-refractivity contribution is 5.91. The summed E-state index contributed by atoms with van der Waals surface area (Å²) in [5.74, 6) is 0.478. The monoisotopic (exact) mass is 308 g/mol. The van der Waals surface area contributed by atoms with E-state index in [9.17, 15) is 5.11 Å². The fourth-order valence-electron chi connectivity index (χ4n) is 4.00. The second-order valence-corrected chi connectivity index (χ2v) is 6.33. The van der Waals surface area contributed by atoms with Crippen LogP contribution in [0.25, 0.3) is 21.9 Å². The molecule has 0 aliphatic heterocycles. The van der Waals surface area contributed by atoms with Crippen LogP contribution in [0, 0.1) is 0 Å². The third kappa shape index (κ3) is 1.75. The normalized spacial score (nSPS) is 13.0. The molecule has 0 unspecified atom stereocenters. The van der Waals surface area contributed by atoms with Gasteiger partial charge in [0.15, 0.2) is 0 Å². The van der Waals surface area contributed by atoms with Crippen LogP contribution >= 0.6 is 0 Å². The summed E-state index contributed by atoms with van der Waals surface area (Å²) in [6.45, 7) is 0. The predicted octanol–water partition coefficient (Wildman–Crippen LogP) is 5.71. The first-order valence-corrected chi connectivity index (χ1v) is 8.23. The molecule has 0 spiro atoms. The zero-order chi connectivity index (χ0) is 16.1. The van der Waals surface area contributed by atoms with Crippen molar-refractivity contribution in [1.29, 1.82) is 0 Å². The Morgan fingerprint density at radius 2 is 1.12 bits per heavy atom. The van der Waals surface area contributed by atoms with Crippen molar-refractivity contribution in [3.05, 3.63) is 102 Å². The van der Waals surface area contributed by atoms with Gasteiger partial charge in [-0.1, -0.05) is 84.9 Å². The minimum atomic E-state index is 0.0852. The van der Waals surface area contributed by atoms with Gasteiger partial charge in [0.05, 0.1) is 0 Å². The Morgan fingerprint density at radius 1 is 0.542 bits per heavy atom. The van der Waals surface area contributed by atoms with E-state index in [0.29, 0.717) is 5.75 Å². The van der Waals surface area contributed by atoms with Crippen LogP contribution in [0.1, 0.15) is 22.6 Å². The van der Waals surface area contributed by atoms with Crippen LogP contribution in [0.3, 0.4) is 0 Å². The Morgan fingerprint density at radius 3 is 1.83 bits per heavy atom. The fraction of sp³-hybridized carbons (Fsp3) is 0.0435. The first-order chi connectivity index (χ1) is 11.8. The molecule has 1 heteroatoms. The van der Waals surface area contributed by atoms with Crippen molar-refractivity contribution >= 4 is 10.8 Å². The maximum absolute atomic E-state index is 11.0. The molecule has 1 nitrogen and oxygen atoms in total. The number of hydrogen-bond donors (Lipinski definition) is 1. The zero-order valence-corrected chi connectivity index (χ0v) is 13.1. The lowest BCUT2D eigenvalue weighted by molar-refractivity contribution is 0.474. The molecule has 1 aliphatic rings. The maximum Gasteiger partial charge on any atom is 0.127 e. The molecule has 0 amide bonds. The predicted molar refractivity (Wildman–Crippen MR) is 98.4 cm³/mol. The smallest absolute Gasteiger partial charge is 0.127 e. The Kier molecular flexibility index (Phi) is 2.77. The average molecular weight is 308 g/mol. The van der Waals surface area contributed by atoms with Crippen LogP contribution in [-0.2, 0) is 0 Å². The molecule has 24 heavy (non-hydrogen) atoms. The lowest BCUT2D eigenvalue weighted by atomic mass is 9.87. The van der Waals surface area contributed by atoms with Crippen LogP contribution in [0.2, 0.25) is 0 Å². The summed E-state index contributed by atoms with van der Waals surface area (Å²) >= 11 is 0. The summed E-state index contributed by atoms with van der Waals surface area (Å²) in [4.78, 5) is 0. The van der Waals surface area contributed by atoms with E-state index in [1.54, 1.807) is 0 Å². The van der Waals surface area contributed by atoms with Crippen molar-refractivity contribution < 1.29 is 5.11 Å². The lowest BCUT2D eigenvalue weighted by Gasteiger charge is -2.17. The Bertz CT molecular complexity index is 1030. The topological polar surface area (TPSA) is 20.2 Å². The summed E-state index contributed by atoms with van der Waals surface area (Å²) < 4.78 is 0. The molecule has 4 aromatic carbocycles. The highest BCUT2D eigenvalue weighted by Crippen LogP contribution is 2.50. The van der Waals surface area contributed by atoms with Gasteiger partial charge in [0, 0.05) is 16.9 Å². The van der Waals surface area contributed by atoms with Crippen molar-refractivity contribution in [3.8, 4) is 16.9 Å². The number of rotatable bonds is 1. The molecule has 0 fully saturated rings. The molecule has 0 saturated carbocycles. The van der Waals surface area contributed by atoms with Crippen LogP contribution in [-0.4, -0.2) is 5.11 Å². The van der Waals surface area contributed by atoms with Crippen molar-refractivity contribution in [2.75, 3.05) is 0 Å². The van der Waals surface area contributed by atoms with Gasteiger partial charge in [-0.05, 0) is 27.6 Å². The number of aromatic hydroxyl groups is 1. The van der Waals surface area contributed by atoms with Gasteiger partial charge < -0.3 is 5.11 Å². The van der Waals surface area contributed by atoms with Crippen LogP contribution in [0.15, 0.2) is 84.9 Å². The molecular weight excluding hydrogens is 292 g/mol. The molecule has 0 radical (unpaired) electrons. The minimum Gasteiger partial charge on any atom is -0.507 e. The molecule has 0 heterocycles. The van der Waals surface area contributed by atoms with Gasteiger partial charge in [-0.3, -0.25) is 0 Å². The number of benzene rings is 4. The number of phenols is 1. The zero-order valence-electron chi connectivity index (χ0n) is 13.1. The summed E-state index contributed by atoms with van der Waals surface area (Å²) in [7, 11) is 0. The molecule has 1 N–H and O–H groups in total. The summed E-state index contributed by atoms with van der Waals surface area (Å²) in [6.07, 6.45) is 0. The fourth-order valence-corrected chi connectivity index (χ4v) is 4.00. The highest BCUT2D eigenvalue weighted by Gasteiger charge is 2.31. The highest BCUT2D eigenvalue weighted by atomic mass is 16.3. The van der Waals surface area contributed by atoms with E-state index in [0.717, 1.165) is 16.3 Å². The van der Waals surface area contributed by atoms with Crippen molar-refractivity contribution in [1.82, 2.24) is 0 Å². The maximum atomic E-state index is 11.0. The third-order valence-corrected chi connectivity index (χ3v) is 5.08. The minimum absolute atomic E-state index is 0.0852. The van der Waals surface area contributed by atoms with Crippen LogP contribution in [0.4, 0.5) is 0 Å². The Balaban J connectivity index is 1.82. The summed E-state index contributed by atoms with van der Waals surface area (Å²) in [6, 6.07) is 29.2. The van der Waals surface area contributed by atoms with Crippen molar-refractivity contribution in [2.24, 2.45) is 0 Å². The van der Waals surface area contributed by atoms with Gasteiger partial charge in [0.2, 0.25) is 0 Å². The molecule has 114 valence electrons. The summed E-state index contributed by atoms with van der Waals surface area (Å²) in [5.41, 5.74) is 6.05. The lowest BCUT2D eigenvalue weighted by Crippen LogP contribution is -1.99. The van der Waals surface area contributed by atoms with Crippen LogP contribution < -0.4 is 0 Å². The van der Waals surface area contributed by atoms with E-state index in [1.807, 2.05) is 24.3 Å². The van der Waals surface area contributed by atoms with Gasteiger partial charge in [0.1, 0.15) is 5.75 Å². The third-order valence-electron chi connectivity index (χ3n) is 5.08. The van der Waals surface area contributed by atoms with Crippen molar-refractivity contribution in [2.45, 2.75) is 5.92 Å². The Labute approximate surface area is 140 Å². The average Bonchev–Trinajstić information content (AvgIpc) is 2.97. The standard InChI is InChI=1S/C23H16O/c24-23-16-8-2-1-7-15(16)13-14-21(23)22-19-11-5-3-9-17(19)18-10-4-6-12-20(18)22/h1-14,22,24H. The van der Waals surface area contributed by atoms with E-state index in [2.05, 4.69) is 60.7 Å². The summed E-state index contributed by atoms with van der Waals surface area (Å²) in [5, 5.41) is 12.9. The van der Waals surface area contributed by atoms with Gasteiger partial charge in [-0.25, -0.2) is 0 Å². The van der Waals surface area contributed by atoms with Gasteiger partial charge in [-0.15, -0.1) is 0 Å². The Hall–Kier alpha value is -3.06.